The summed E-state index contributed by atoms with van der Waals surface area (Å²) in [6, 6.07) is 2.19. The summed E-state index contributed by atoms with van der Waals surface area (Å²) in [6.07, 6.45) is 4.55. The number of hydrogen-bond acceptors (Lipinski definition) is 5. The minimum Gasteiger partial charge on any atom is -0.378 e. The van der Waals surface area contributed by atoms with E-state index in [2.05, 4.69) is 28.2 Å². The van der Waals surface area contributed by atoms with Crippen LogP contribution in [0.25, 0.3) is 11.2 Å². The van der Waals surface area contributed by atoms with Crippen LogP contribution in [0.15, 0.2) is 12.4 Å². The van der Waals surface area contributed by atoms with Crippen molar-refractivity contribution < 1.29 is 9.53 Å². The Morgan fingerprint density at radius 2 is 2.08 bits per heavy atom. The van der Waals surface area contributed by atoms with E-state index in [1.54, 1.807) is 0 Å². The summed E-state index contributed by atoms with van der Waals surface area (Å²) >= 11 is 0. The number of carbonyl (C=O) groups is 1. The highest BCUT2D eigenvalue weighted by atomic mass is 16.5. The van der Waals surface area contributed by atoms with Crippen LogP contribution in [0.1, 0.15) is 39.3 Å². The van der Waals surface area contributed by atoms with Crippen LogP contribution in [0.2, 0.25) is 0 Å². The van der Waals surface area contributed by atoms with E-state index in [0.717, 1.165) is 68.1 Å². The molecule has 1 N–H and O–H groups in total. The Labute approximate surface area is 155 Å². The van der Waals surface area contributed by atoms with Crippen molar-refractivity contribution in [2.45, 2.75) is 53.1 Å². The second-order valence-electron chi connectivity index (χ2n) is 6.22. The van der Waals surface area contributed by atoms with E-state index in [-0.39, 0.29) is 6.04 Å². The average Bonchev–Trinajstić information content (AvgIpc) is 3.06. The van der Waals surface area contributed by atoms with Crippen molar-refractivity contribution in [3.63, 3.8) is 0 Å². The Morgan fingerprint density at radius 1 is 1.35 bits per heavy atom. The van der Waals surface area contributed by atoms with Gasteiger partial charge in [0.1, 0.15) is 5.52 Å². The van der Waals surface area contributed by atoms with Crippen molar-refractivity contribution in [2.24, 2.45) is 0 Å². The van der Waals surface area contributed by atoms with Crippen LogP contribution in [0.4, 0.5) is 5.69 Å². The van der Waals surface area contributed by atoms with Crippen LogP contribution in [0, 0.1) is 6.92 Å². The molecule has 2 aromatic rings. The number of pyridine rings is 1. The third-order valence-corrected chi connectivity index (χ3v) is 4.39. The maximum atomic E-state index is 10.8. The van der Waals surface area contributed by atoms with Gasteiger partial charge in [-0.05, 0) is 19.4 Å². The number of fused-ring (bicyclic) bond motifs is 1. The lowest BCUT2D eigenvalue weighted by molar-refractivity contribution is -0.110. The van der Waals surface area contributed by atoms with Gasteiger partial charge in [0.05, 0.1) is 25.2 Å². The first kappa shape index (κ1) is 20.2. The van der Waals surface area contributed by atoms with Crippen molar-refractivity contribution in [2.75, 3.05) is 31.2 Å². The quantitative estimate of drug-likeness (QED) is 0.767. The molecular weight excluding hydrogens is 330 g/mol. The van der Waals surface area contributed by atoms with Gasteiger partial charge in [-0.3, -0.25) is 4.79 Å². The van der Waals surface area contributed by atoms with E-state index in [9.17, 15) is 4.79 Å². The maximum Gasteiger partial charge on any atom is 0.207 e. The molecule has 7 nitrogen and oxygen atoms in total. The Kier molecular flexibility index (Phi) is 7.84. The maximum absolute atomic E-state index is 10.8. The molecule has 3 heterocycles. The predicted molar refractivity (Wildman–Crippen MR) is 105 cm³/mol. The molecule has 0 saturated carbocycles. The molecule has 144 valence electrons. The molecule has 0 spiro atoms. The van der Waals surface area contributed by atoms with E-state index < -0.39 is 0 Å². The molecule has 0 bridgehead atoms. The number of imidazole rings is 1. The number of nitrogens with zero attached hydrogens (tertiary/aromatic N) is 4. The van der Waals surface area contributed by atoms with Gasteiger partial charge >= 0.3 is 0 Å². The van der Waals surface area contributed by atoms with E-state index in [0.29, 0.717) is 6.54 Å². The molecule has 1 amide bonds. The van der Waals surface area contributed by atoms with E-state index in [1.165, 1.54) is 0 Å². The number of nitrogens with one attached hydrogen (secondary N) is 1. The summed E-state index contributed by atoms with van der Waals surface area (Å²) in [4.78, 5) is 22.4. The van der Waals surface area contributed by atoms with Gasteiger partial charge in [-0.2, -0.15) is 0 Å². The highest BCUT2D eigenvalue weighted by Gasteiger charge is 2.19. The monoisotopic (exact) mass is 361 g/mol. The number of amides is 1. The number of ether oxygens (including phenoxy) is 1. The van der Waals surface area contributed by atoms with Crippen LogP contribution >= 0.6 is 0 Å². The van der Waals surface area contributed by atoms with Gasteiger partial charge in [0.25, 0.3) is 0 Å². The Hall–Kier alpha value is -2.15. The number of carbonyl (C=O) groups excluding carboxylic acids is 1. The summed E-state index contributed by atoms with van der Waals surface area (Å²) in [5.41, 5.74) is 3.89. The van der Waals surface area contributed by atoms with Crippen molar-refractivity contribution in [3.05, 3.63) is 18.1 Å². The van der Waals surface area contributed by atoms with Crippen LogP contribution in [-0.4, -0.2) is 53.3 Å². The topological polar surface area (TPSA) is 72.3 Å². The summed E-state index contributed by atoms with van der Waals surface area (Å²) in [6.45, 7) is 12.0. The lowest BCUT2D eigenvalue weighted by atomic mass is 10.1. The normalized spacial score (nSPS) is 15.3. The second kappa shape index (κ2) is 10.1. The fourth-order valence-electron chi connectivity index (χ4n) is 3.23. The fraction of sp³-hybridized carbons (Fsp3) is 0.632. The van der Waals surface area contributed by atoms with Crippen LogP contribution in [0.5, 0.6) is 0 Å². The van der Waals surface area contributed by atoms with Crippen LogP contribution in [-0.2, 0) is 16.1 Å². The van der Waals surface area contributed by atoms with Gasteiger partial charge in [0.15, 0.2) is 5.65 Å². The van der Waals surface area contributed by atoms with Gasteiger partial charge in [0, 0.05) is 31.4 Å². The smallest absolute Gasteiger partial charge is 0.207 e. The number of morpholine rings is 1. The van der Waals surface area contributed by atoms with E-state index in [1.807, 2.05) is 31.7 Å². The molecule has 26 heavy (non-hydrogen) atoms. The summed E-state index contributed by atoms with van der Waals surface area (Å²) in [7, 11) is 0. The molecule has 0 aromatic carbocycles. The molecule has 7 heteroatoms. The van der Waals surface area contributed by atoms with Gasteiger partial charge in [-0.15, -0.1) is 0 Å². The minimum absolute atomic E-state index is 0.0963. The van der Waals surface area contributed by atoms with Crippen molar-refractivity contribution in [3.8, 4) is 0 Å². The Bertz CT molecular complexity index is 695. The van der Waals surface area contributed by atoms with Crippen molar-refractivity contribution >= 4 is 23.3 Å². The number of rotatable bonds is 7. The number of anilines is 1. The summed E-state index contributed by atoms with van der Waals surface area (Å²) < 4.78 is 7.50. The van der Waals surface area contributed by atoms with Crippen LogP contribution in [0.3, 0.4) is 0 Å². The summed E-state index contributed by atoms with van der Waals surface area (Å²) in [5.74, 6) is 0. The van der Waals surface area contributed by atoms with Gasteiger partial charge < -0.3 is 19.5 Å². The summed E-state index contributed by atoms with van der Waals surface area (Å²) in [5, 5.41) is 2.90. The zero-order valence-electron chi connectivity index (χ0n) is 16.4. The molecule has 0 radical (unpaired) electrons. The Morgan fingerprint density at radius 3 is 2.73 bits per heavy atom. The molecule has 1 fully saturated rings. The largest absolute Gasteiger partial charge is 0.378 e. The van der Waals surface area contributed by atoms with Gasteiger partial charge in [0.2, 0.25) is 6.41 Å². The predicted octanol–water partition coefficient (Wildman–Crippen LogP) is 2.52. The lowest BCUT2D eigenvalue weighted by Crippen LogP contribution is -2.36. The molecule has 1 aliphatic heterocycles. The lowest BCUT2D eigenvalue weighted by Gasteiger charge is -2.29. The van der Waals surface area contributed by atoms with Gasteiger partial charge in [-0.1, -0.05) is 27.2 Å². The van der Waals surface area contributed by atoms with E-state index in [4.69, 9.17) is 9.72 Å². The standard InChI is InChI=1S/C17H25N5O2.C2H6/c1-3-4-14(19-12-23)10-22-11-18-16-15(9-13(2)20-17(16)22)21-5-7-24-8-6-21;1-2/h9,11-12,14H,3-8,10H2,1-2H3,(H,19,23);1-2H3. The minimum atomic E-state index is 0.0963. The number of aromatic nitrogens is 3. The molecule has 0 aliphatic carbocycles. The number of hydrogen-bond donors (Lipinski definition) is 1. The second-order valence-corrected chi connectivity index (χ2v) is 6.22. The molecule has 2 aromatic heterocycles. The molecule has 1 saturated heterocycles. The van der Waals surface area contributed by atoms with E-state index >= 15 is 0 Å². The zero-order valence-corrected chi connectivity index (χ0v) is 16.4. The van der Waals surface area contributed by atoms with Crippen LogP contribution < -0.4 is 10.2 Å². The molecule has 1 aliphatic rings. The first-order valence-electron chi connectivity index (χ1n) is 9.57. The third-order valence-electron chi connectivity index (χ3n) is 4.39. The van der Waals surface area contributed by atoms with Crippen molar-refractivity contribution in [1.29, 1.82) is 0 Å². The average molecular weight is 361 g/mol. The zero-order chi connectivity index (χ0) is 18.9. The molecule has 1 atom stereocenters. The molecular formula is C19H31N5O2. The highest BCUT2D eigenvalue weighted by Crippen LogP contribution is 2.26. The molecule has 3 rings (SSSR count). The number of aryl methyl sites for hydroxylation is 1. The van der Waals surface area contributed by atoms with Crippen molar-refractivity contribution in [1.82, 2.24) is 19.9 Å². The fourth-order valence-corrected chi connectivity index (χ4v) is 3.23. The Balaban J connectivity index is 0.00000117. The first-order chi connectivity index (χ1) is 12.7. The molecule has 1 unspecified atom stereocenters. The highest BCUT2D eigenvalue weighted by molar-refractivity contribution is 5.86. The van der Waals surface area contributed by atoms with Gasteiger partial charge in [-0.25, -0.2) is 9.97 Å². The third kappa shape index (κ3) is 4.72. The first-order valence-corrected chi connectivity index (χ1v) is 9.57. The SMILES string of the molecule is CC.CCCC(Cn1cnc2c(N3CCOCC3)cc(C)nc21)NC=O.